The number of hydrogen-bond donors (Lipinski definition) is 1. The Morgan fingerprint density at radius 3 is 1.92 bits per heavy atom. The van der Waals surface area contributed by atoms with Gasteiger partial charge in [0.1, 0.15) is 0 Å². The van der Waals surface area contributed by atoms with Crippen molar-refractivity contribution >= 4 is 0 Å². The molecule has 0 saturated carbocycles. The lowest BCUT2D eigenvalue weighted by Crippen LogP contribution is -2.47. The normalized spacial score (nSPS) is 23.0. The second-order valence-electron chi connectivity index (χ2n) is 2.53. The number of hydrogen-bond acceptors (Lipinski definition) is 2. The molecule has 0 aromatic rings. The van der Waals surface area contributed by atoms with Crippen LogP contribution in [0.25, 0.3) is 0 Å². The van der Waals surface area contributed by atoms with Crippen molar-refractivity contribution < 1.29 is 0 Å². The fraction of sp³-hybridized carbons (Fsp3) is 1.00. The van der Waals surface area contributed by atoms with Crippen molar-refractivity contribution in [2.45, 2.75) is 40.7 Å². The Hall–Kier alpha value is -0.0800. The van der Waals surface area contributed by atoms with Gasteiger partial charge in [-0.25, -0.2) is 0 Å². The van der Waals surface area contributed by atoms with Gasteiger partial charge < -0.3 is 10.2 Å². The molecule has 0 aromatic heterocycles. The molecular formula is C10H26N2. The number of piperazine rings is 1. The maximum atomic E-state index is 3.32. The Morgan fingerprint density at radius 2 is 1.67 bits per heavy atom. The highest BCUT2D eigenvalue weighted by molar-refractivity contribution is 4.71. The second-order valence-corrected chi connectivity index (χ2v) is 2.53. The predicted octanol–water partition coefficient (Wildman–Crippen LogP) is 1.96. The van der Waals surface area contributed by atoms with Gasteiger partial charge in [0.25, 0.3) is 0 Å². The summed E-state index contributed by atoms with van der Waals surface area (Å²) >= 11 is 0. The van der Waals surface area contributed by atoms with Crippen molar-refractivity contribution in [3.05, 3.63) is 0 Å². The average molecular weight is 174 g/mol. The van der Waals surface area contributed by atoms with E-state index in [0.717, 1.165) is 19.1 Å². The minimum atomic E-state index is 0.726. The van der Waals surface area contributed by atoms with Crippen LogP contribution in [-0.4, -0.2) is 37.6 Å². The SMILES string of the molecule is CC.CC.CC1CNCCN1C. The summed E-state index contributed by atoms with van der Waals surface area (Å²) in [5.74, 6) is 0. The Kier molecular flexibility index (Phi) is 13.1. The van der Waals surface area contributed by atoms with Crippen LogP contribution >= 0.6 is 0 Å². The molecule has 1 heterocycles. The monoisotopic (exact) mass is 174 g/mol. The largest absolute Gasteiger partial charge is 0.314 e. The Labute approximate surface area is 78.3 Å². The molecule has 1 N–H and O–H groups in total. The topological polar surface area (TPSA) is 15.3 Å². The van der Waals surface area contributed by atoms with Crippen molar-refractivity contribution in [1.82, 2.24) is 10.2 Å². The Balaban J connectivity index is 0. The van der Waals surface area contributed by atoms with Crippen LogP contribution in [0.3, 0.4) is 0 Å². The number of likely N-dealkylation sites (N-methyl/N-ethyl adjacent to an activating group) is 1. The fourth-order valence-electron chi connectivity index (χ4n) is 0.943. The predicted molar refractivity (Wildman–Crippen MR) is 57.7 cm³/mol. The fourth-order valence-corrected chi connectivity index (χ4v) is 0.943. The van der Waals surface area contributed by atoms with Gasteiger partial charge in [0, 0.05) is 25.7 Å². The summed E-state index contributed by atoms with van der Waals surface area (Å²) in [6, 6.07) is 0.726. The zero-order valence-corrected chi connectivity index (χ0v) is 9.65. The van der Waals surface area contributed by atoms with E-state index in [1.54, 1.807) is 0 Å². The first-order chi connectivity index (χ1) is 5.80. The van der Waals surface area contributed by atoms with Crippen molar-refractivity contribution in [1.29, 1.82) is 0 Å². The Morgan fingerprint density at radius 1 is 1.17 bits per heavy atom. The lowest BCUT2D eigenvalue weighted by molar-refractivity contribution is 0.215. The molecule has 0 amide bonds. The lowest BCUT2D eigenvalue weighted by atomic mass is 10.2. The molecule has 0 bridgehead atoms. The Bertz CT molecular complexity index is 64.2. The molecule has 1 rings (SSSR count). The van der Waals surface area contributed by atoms with Gasteiger partial charge in [-0.3, -0.25) is 0 Å². The van der Waals surface area contributed by atoms with Crippen LogP contribution in [0, 0.1) is 0 Å². The van der Waals surface area contributed by atoms with Gasteiger partial charge in [0.05, 0.1) is 0 Å². The van der Waals surface area contributed by atoms with E-state index < -0.39 is 0 Å². The van der Waals surface area contributed by atoms with Crippen molar-refractivity contribution in [3.8, 4) is 0 Å². The minimum Gasteiger partial charge on any atom is -0.314 e. The van der Waals surface area contributed by atoms with Crippen LogP contribution in [-0.2, 0) is 0 Å². The molecule has 1 fully saturated rings. The molecule has 0 spiro atoms. The molecule has 0 radical (unpaired) electrons. The molecule has 1 unspecified atom stereocenters. The van der Waals surface area contributed by atoms with Gasteiger partial charge in [0.2, 0.25) is 0 Å². The summed E-state index contributed by atoms with van der Waals surface area (Å²) in [6.45, 7) is 13.7. The van der Waals surface area contributed by atoms with E-state index in [0.29, 0.717) is 0 Å². The highest BCUT2D eigenvalue weighted by atomic mass is 15.2. The van der Waals surface area contributed by atoms with E-state index in [4.69, 9.17) is 0 Å². The summed E-state index contributed by atoms with van der Waals surface area (Å²) in [5, 5.41) is 3.32. The van der Waals surface area contributed by atoms with Gasteiger partial charge in [-0.15, -0.1) is 0 Å². The highest BCUT2D eigenvalue weighted by Gasteiger charge is 2.11. The van der Waals surface area contributed by atoms with Gasteiger partial charge >= 0.3 is 0 Å². The van der Waals surface area contributed by atoms with E-state index in [-0.39, 0.29) is 0 Å². The van der Waals surface area contributed by atoms with Crippen LogP contribution < -0.4 is 5.32 Å². The van der Waals surface area contributed by atoms with E-state index in [2.05, 4.69) is 24.2 Å². The smallest absolute Gasteiger partial charge is 0.0189 e. The minimum absolute atomic E-state index is 0.726. The van der Waals surface area contributed by atoms with Crippen molar-refractivity contribution in [2.24, 2.45) is 0 Å². The summed E-state index contributed by atoms with van der Waals surface area (Å²) in [6.07, 6.45) is 0. The third kappa shape index (κ3) is 6.62. The molecule has 0 aromatic carbocycles. The molecule has 76 valence electrons. The zero-order valence-electron chi connectivity index (χ0n) is 9.65. The molecule has 1 aliphatic rings. The van der Waals surface area contributed by atoms with E-state index in [1.807, 2.05) is 27.7 Å². The molecular weight excluding hydrogens is 148 g/mol. The van der Waals surface area contributed by atoms with Gasteiger partial charge in [-0.1, -0.05) is 27.7 Å². The average Bonchev–Trinajstić information content (AvgIpc) is 2.17. The summed E-state index contributed by atoms with van der Waals surface area (Å²) in [4.78, 5) is 2.37. The van der Waals surface area contributed by atoms with Crippen LogP contribution in [0.15, 0.2) is 0 Å². The third-order valence-corrected chi connectivity index (χ3v) is 1.83. The van der Waals surface area contributed by atoms with Crippen LogP contribution in [0.5, 0.6) is 0 Å². The first-order valence-electron chi connectivity index (χ1n) is 5.21. The maximum Gasteiger partial charge on any atom is 0.0189 e. The third-order valence-electron chi connectivity index (χ3n) is 1.83. The molecule has 0 aliphatic carbocycles. The second kappa shape index (κ2) is 10.9. The number of nitrogens with one attached hydrogen (secondary N) is 1. The van der Waals surface area contributed by atoms with Crippen molar-refractivity contribution in [3.63, 3.8) is 0 Å². The molecule has 12 heavy (non-hydrogen) atoms. The van der Waals surface area contributed by atoms with E-state index in [9.17, 15) is 0 Å². The molecule has 1 saturated heterocycles. The number of rotatable bonds is 0. The summed E-state index contributed by atoms with van der Waals surface area (Å²) < 4.78 is 0. The van der Waals surface area contributed by atoms with Crippen molar-refractivity contribution in [2.75, 3.05) is 26.7 Å². The summed E-state index contributed by atoms with van der Waals surface area (Å²) in [7, 11) is 2.17. The molecule has 1 aliphatic heterocycles. The maximum absolute atomic E-state index is 3.32. The quantitative estimate of drug-likeness (QED) is 0.604. The van der Waals surface area contributed by atoms with Gasteiger partial charge in [-0.05, 0) is 14.0 Å². The van der Waals surface area contributed by atoms with Crippen LogP contribution in [0.2, 0.25) is 0 Å². The van der Waals surface area contributed by atoms with Gasteiger partial charge in [-0.2, -0.15) is 0 Å². The zero-order chi connectivity index (χ0) is 9.98. The van der Waals surface area contributed by atoms with E-state index in [1.165, 1.54) is 6.54 Å². The highest BCUT2D eigenvalue weighted by Crippen LogP contribution is 1.95. The number of nitrogens with zero attached hydrogens (tertiary/aromatic N) is 1. The molecule has 2 heteroatoms. The standard InChI is InChI=1S/C6H14N2.2C2H6/c1-6-5-7-3-4-8(6)2;2*1-2/h6-7H,3-5H2,1-2H3;2*1-2H3. The first kappa shape index (κ1) is 14.4. The molecule has 2 nitrogen and oxygen atoms in total. The molecule has 1 atom stereocenters. The van der Waals surface area contributed by atoms with Crippen LogP contribution in [0.1, 0.15) is 34.6 Å². The lowest BCUT2D eigenvalue weighted by Gasteiger charge is -2.29. The van der Waals surface area contributed by atoms with E-state index >= 15 is 0 Å². The van der Waals surface area contributed by atoms with Crippen LogP contribution in [0.4, 0.5) is 0 Å². The van der Waals surface area contributed by atoms with Gasteiger partial charge in [0.15, 0.2) is 0 Å². The first-order valence-corrected chi connectivity index (χ1v) is 5.21. The summed E-state index contributed by atoms with van der Waals surface area (Å²) in [5.41, 5.74) is 0.